The third kappa shape index (κ3) is 4.34. The Morgan fingerprint density at radius 3 is 2.49 bits per heavy atom. The van der Waals surface area contributed by atoms with Crippen LogP contribution in [-0.4, -0.2) is 37.7 Å². The minimum atomic E-state index is -0.225. The van der Waals surface area contributed by atoms with Crippen LogP contribution in [0.1, 0.15) is 10.4 Å². The Balaban J connectivity index is 1.60. The van der Waals surface area contributed by atoms with Gasteiger partial charge in [0.05, 0.1) is 23.9 Å². The lowest BCUT2D eigenvalue weighted by Gasteiger charge is -2.10. The fourth-order valence-corrected chi connectivity index (χ4v) is 3.82. The van der Waals surface area contributed by atoms with Crippen molar-refractivity contribution in [1.29, 1.82) is 0 Å². The van der Waals surface area contributed by atoms with Crippen molar-refractivity contribution in [1.82, 2.24) is 24.8 Å². The maximum absolute atomic E-state index is 13.4. The molecule has 0 atom stereocenters. The lowest BCUT2D eigenvalue weighted by atomic mass is 10.1. The van der Waals surface area contributed by atoms with Gasteiger partial charge in [-0.05, 0) is 71.1 Å². The van der Waals surface area contributed by atoms with Crippen LogP contribution in [0.25, 0.3) is 34.2 Å². The predicted octanol–water partition coefficient (Wildman–Crippen LogP) is 4.66. The van der Waals surface area contributed by atoms with Crippen LogP contribution < -0.4 is 10.2 Å². The summed E-state index contributed by atoms with van der Waals surface area (Å²) in [6, 6.07) is 20.9. The molecule has 0 spiro atoms. The Bertz CT molecular complexity index is 1620. The van der Waals surface area contributed by atoms with Gasteiger partial charge < -0.3 is 9.30 Å². The maximum atomic E-state index is 13.4. The number of hydrogen-bond acceptors (Lipinski definition) is 6. The number of rotatable bonds is 6. The summed E-state index contributed by atoms with van der Waals surface area (Å²) in [5.74, 6) is 0.745. The summed E-state index contributed by atoms with van der Waals surface area (Å²) < 4.78 is 8.33. The van der Waals surface area contributed by atoms with E-state index in [4.69, 9.17) is 16.3 Å². The molecule has 2 heterocycles. The number of fused-ring (bicyclic) bond motifs is 1. The number of methoxy groups -OCH3 is 1. The molecule has 0 fully saturated rings. The Labute approximate surface area is 204 Å². The normalized spacial score (nSPS) is 11.3. The molecule has 0 saturated carbocycles. The van der Waals surface area contributed by atoms with Gasteiger partial charge in [-0.2, -0.15) is 4.68 Å². The number of allylic oxidation sites excluding steroid dienone is 1. The van der Waals surface area contributed by atoms with Crippen molar-refractivity contribution in [2.45, 2.75) is 0 Å². The lowest BCUT2D eigenvalue weighted by Crippen LogP contribution is -2.13. The number of tetrazole rings is 1. The fourth-order valence-electron chi connectivity index (χ4n) is 3.70. The van der Waals surface area contributed by atoms with Crippen LogP contribution in [0.15, 0.2) is 89.9 Å². The number of nitrogens with zero attached hydrogens (tertiary/aromatic N) is 5. The highest BCUT2D eigenvalue weighted by Gasteiger charge is 2.17. The van der Waals surface area contributed by atoms with Crippen LogP contribution >= 0.6 is 11.6 Å². The average molecular weight is 484 g/mol. The number of aromatic nitrogens is 5. The van der Waals surface area contributed by atoms with Gasteiger partial charge in [-0.3, -0.25) is 9.59 Å². The van der Waals surface area contributed by atoms with Crippen LogP contribution in [0.2, 0.25) is 5.02 Å². The van der Waals surface area contributed by atoms with Gasteiger partial charge in [-0.15, -0.1) is 5.10 Å². The first-order chi connectivity index (χ1) is 17.0. The van der Waals surface area contributed by atoms with E-state index in [0.717, 1.165) is 0 Å². The van der Waals surface area contributed by atoms with Gasteiger partial charge in [-0.1, -0.05) is 23.7 Å². The predicted molar refractivity (Wildman–Crippen MR) is 134 cm³/mol. The van der Waals surface area contributed by atoms with Gasteiger partial charge >= 0.3 is 0 Å². The van der Waals surface area contributed by atoms with E-state index in [1.54, 1.807) is 84.7 Å². The monoisotopic (exact) mass is 483 g/mol. The number of benzene rings is 3. The van der Waals surface area contributed by atoms with Gasteiger partial charge in [0.15, 0.2) is 11.6 Å². The Morgan fingerprint density at radius 2 is 1.74 bits per heavy atom. The molecule has 0 aliphatic carbocycles. The van der Waals surface area contributed by atoms with Gasteiger partial charge in [0.25, 0.3) is 0 Å². The summed E-state index contributed by atoms with van der Waals surface area (Å²) in [4.78, 5) is 26.1. The molecule has 0 unspecified atom stereocenters. The van der Waals surface area contributed by atoms with Gasteiger partial charge in [-0.25, -0.2) is 0 Å². The van der Waals surface area contributed by atoms with Gasteiger partial charge in [0, 0.05) is 34.4 Å². The van der Waals surface area contributed by atoms with E-state index >= 15 is 0 Å². The van der Waals surface area contributed by atoms with E-state index in [-0.39, 0.29) is 22.6 Å². The van der Waals surface area contributed by atoms with Crippen LogP contribution in [0, 0.1) is 0 Å². The third-order valence-corrected chi connectivity index (χ3v) is 5.73. The molecule has 0 bridgehead atoms. The summed E-state index contributed by atoms with van der Waals surface area (Å²) in [5.41, 5.74) is 1.87. The Morgan fingerprint density at radius 1 is 1.00 bits per heavy atom. The van der Waals surface area contributed by atoms with Crippen molar-refractivity contribution >= 4 is 34.5 Å². The molecule has 2 aromatic heterocycles. The number of para-hydroxylation sites is 1. The Kier molecular flexibility index (Phi) is 5.95. The van der Waals surface area contributed by atoms with Crippen LogP contribution in [0.3, 0.4) is 0 Å². The number of halogens is 1. The number of hydrogen-bond donors (Lipinski definition) is 0. The second-order valence-corrected chi connectivity index (χ2v) is 8.03. The van der Waals surface area contributed by atoms with Crippen molar-refractivity contribution in [3.8, 4) is 22.8 Å². The minimum Gasteiger partial charge on any atom is -0.497 e. The first-order valence-electron chi connectivity index (χ1n) is 10.6. The lowest BCUT2D eigenvalue weighted by molar-refractivity contribution is 0.104. The fraction of sp³-hybridized carbons (Fsp3) is 0.0385. The molecule has 0 aliphatic rings. The minimum absolute atomic E-state index is 0.192. The number of pyridine rings is 1. The smallest absolute Gasteiger partial charge is 0.200 e. The molecule has 9 heteroatoms. The average Bonchev–Trinajstić information content (AvgIpc) is 3.38. The molecule has 172 valence electrons. The highest BCUT2D eigenvalue weighted by Crippen LogP contribution is 2.22. The third-order valence-electron chi connectivity index (χ3n) is 5.48. The topological polar surface area (TPSA) is 91.9 Å². The van der Waals surface area contributed by atoms with Crippen LogP contribution in [0.4, 0.5) is 0 Å². The standard InChI is InChI=1S/C26H18ClN5O3/c1-35-20-12-6-17(7-13-20)24(33)14-15-31-16-22(25(34)21-4-2-3-5-23(21)31)26-28-29-30-32(26)19-10-8-18(27)9-11-19/h2-16H,1H3. The molecular formula is C26H18ClN5O3. The van der Waals surface area contributed by atoms with Crippen molar-refractivity contribution in [3.63, 3.8) is 0 Å². The van der Waals surface area contributed by atoms with Crippen molar-refractivity contribution in [2.24, 2.45) is 0 Å². The zero-order valence-electron chi connectivity index (χ0n) is 18.5. The molecule has 0 N–H and O–H groups in total. The molecule has 5 aromatic rings. The van der Waals surface area contributed by atoms with E-state index in [0.29, 0.717) is 32.9 Å². The Hall–Kier alpha value is -4.56. The van der Waals surface area contributed by atoms with Crippen molar-refractivity contribution in [3.05, 3.63) is 106 Å². The second kappa shape index (κ2) is 9.36. The molecule has 0 saturated heterocycles. The number of ketones is 1. The first kappa shape index (κ1) is 22.2. The molecule has 8 nitrogen and oxygen atoms in total. The van der Waals surface area contributed by atoms with Crippen LogP contribution in [0.5, 0.6) is 5.75 Å². The SMILES string of the molecule is COc1ccc(C(=O)C=Cn2cc(-c3nnnn3-c3ccc(Cl)cc3)c(=O)c3ccccc32)cc1. The zero-order chi connectivity index (χ0) is 24.4. The van der Waals surface area contributed by atoms with E-state index in [9.17, 15) is 9.59 Å². The molecule has 35 heavy (non-hydrogen) atoms. The zero-order valence-corrected chi connectivity index (χ0v) is 19.3. The van der Waals surface area contributed by atoms with Crippen LogP contribution in [-0.2, 0) is 0 Å². The quantitative estimate of drug-likeness (QED) is 0.257. The van der Waals surface area contributed by atoms with Gasteiger partial charge in [0.2, 0.25) is 5.43 Å². The number of ether oxygens (including phenoxy) is 1. The summed E-state index contributed by atoms with van der Waals surface area (Å²) in [6.45, 7) is 0. The number of carbonyl (C=O) groups is 1. The summed E-state index contributed by atoms with van der Waals surface area (Å²) in [7, 11) is 1.57. The van der Waals surface area contributed by atoms with E-state index in [1.807, 2.05) is 12.1 Å². The first-order valence-corrected chi connectivity index (χ1v) is 11.0. The molecule has 5 rings (SSSR count). The van der Waals surface area contributed by atoms with Gasteiger partial charge in [0.1, 0.15) is 5.75 Å². The summed E-state index contributed by atoms with van der Waals surface area (Å²) in [5, 5.41) is 13.0. The molecule has 0 radical (unpaired) electrons. The highest BCUT2D eigenvalue weighted by atomic mass is 35.5. The molecule has 0 amide bonds. The van der Waals surface area contributed by atoms with E-state index in [1.165, 1.54) is 10.8 Å². The summed E-state index contributed by atoms with van der Waals surface area (Å²) >= 11 is 6.01. The second-order valence-electron chi connectivity index (χ2n) is 7.60. The molecule has 0 aliphatic heterocycles. The molecule has 3 aromatic carbocycles. The number of carbonyl (C=O) groups excluding carboxylic acids is 1. The van der Waals surface area contributed by atoms with Crippen molar-refractivity contribution < 1.29 is 9.53 Å². The highest BCUT2D eigenvalue weighted by molar-refractivity contribution is 6.30. The molecular weight excluding hydrogens is 466 g/mol. The maximum Gasteiger partial charge on any atom is 0.200 e. The summed E-state index contributed by atoms with van der Waals surface area (Å²) in [6.07, 6.45) is 4.69. The van der Waals surface area contributed by atoms with E-state index in [2.05, 4.69) is 15.5 Å². The van der Waals surface area contributed by atoms with E-state index < -0.39 is 0 Å². The van der Waals surface area contributed by atoms with Crippen molar-refractivity contribution in [2.75, 3.05) is 7.11 Å². The largest absolute Gasteiger partial charge is 0.497 e.